The van der Waals surface area contributed by atoms with Gasteiger partial charge in [0.15, 0.2) is 0 Å². The van der Waals surface area contributed by atoms with Crippen LogP contribution in [0.3, 0.4) is 0 Å². The van der Waals surface area contributed by atoms with Crippen LogP contribution in [0.5, 0.6) is 5.75 Å². The predicted molar refractivity (Wildman–Crippen MR) is 92.6 cm³/mol. The Morgan fingerprint density at radius 1 is 1.19 bits per heavy atom. The SMILES string of the molecule is CCOc1ccc(CN(C)C(=O)c2cccc(I)c2)cc1. The Morgan fingerprint density at radius 2 is 1.90 bits per heavy atom. The molecular weight excluding hydrogens is 377 g/mol. The van der Waals surface area contributed by atoms with Crippen LogP contribution in [0.1, 0.15) is 22.8 Å². The molecule has 2 aromatic carbocycles. The molecule has 21 heavy (non-hydrogen) atoms. The first kappa shape index (κ1) is 15.8. The molecule has 0 saturated carbocycles. The molecule has 0 aromatic heterocycles. The van der Waals surface area contributed by atoms with Crippen LogP contribution in [-0.4, -0.2) is 24.5 Å². The van der Waals surface area contributed by atoms with E-state index in [0.717, 1.165) is 20.4 Å². The van der Waals surface area contributed by atoms with Gasteiger partial charge in [-0.15, -0.1) is 0 Å². The summed E-state index contributed by atoms with van der Waals surface area (Å²) in [6.07, 6.45) is 0. The van der Waals surface area contributed by atoms with Crippen molar-refractivity contribution in [3.8, 4) is 5.75 Å². The van der Waals surface area contributed by atoms with Gasteiger partial charge in [-0.2, -0.15) is 0 Å². The Hall–Kier alpha value is -1.56. The number of carbonyl (C=O) groups excluding carboxylic acids is 1. The van der Waals surface area contributed by atoms with E-state index >= 15 is 0 Å². The van der Waals surface area contributed by atoms with E-state index in [-0.39, 0.29) is 5.91 Å². The second-order valence-electron chi connectivity index (χ2n) is 4.75. The molecule has 0 radical (unpaired) electrons. The number of amides is 1. The van der Waals surface area contributed by atoms with E-state index in [9.17, 15) is 4.79 Å². The molecule has 0 fully saturated rings. The molecule has 0 saturated heterocycles. The zero-order valence-corrected chi connectivity index (χ0v) is 14.3. The van der Waals surface area contributed by atoms with Gasteiger partial charge in [0.1, 0.15) is 5.75 Å². The molecule has 0 aliphatic rings. The minimum absolute atomic E-state index is 0.0300. The van der Waals surface area contributed by atoms with E-state index in [4.69, 9.17) is 4.74 Å². The van der Waals surface area contributed by atoms with Crippen LogP contribution in [-0.2, 0) is 6.54 Å². The van der Waals surface area contributed by atoms with Crippen molar-refractivity contribution in [3.05, 3.63) is 63.2 Å². The van der Waals surface area contributed by atoms with Crippen LogP contribution in [0.4, 0.5) is 0 Å². The van der Waals surface area contributed by atoms with E-state index in [1.807, 2.05) is 62.5 Å². The molecule has 0 unspecified atom stereocenters. The molecule has 0 aliphatic carbocycles. The minimum Gasteiger partial charge on any atom is -0.494 e. The molecule has 4 heteroatoms. The smallest absolute Gasteiger partial charge is 0.253 e. The van der Waals surface area contributed by atoms with Gasteiger partial charge >= 0.3 is 0 Å². The highest BCUT2D eigenvalue weighted by Gasteiger charge is 2.12. The maximum atomic E-state index is 12.4. The maximum absolute atomic E-state index is 12.4. The normalized spacial score (nSPS) is 10.2. The fourth-order valence-electron chi connectivity index (χ4n) is 2.05. The van der Waals surface area contributed by atoms with Crippen molar-refractivity contribution in [3.63, 3.8) is 0 Å². The van der Waals surface area contributed by atoms with Crippen LogP contribution in [0.15, 0.2) is 48.5 Å². The van der Waals surface area contributed by atoms with E-state index in [1.165, 1.54) is 0 Å². The molecule has 0 spiro atoms. The highest BCUT2D eigenvalue weighted by molar-refractivity contribution is 14.1. The first-order valence-electron chi connectivity index (χ1n) is 6.83. The summed E-state index contributed by atoms with van der Waals surface area (Å²) in [6, 6.07) is 15.5. The summed E-state index contributed by atoms with van der Waals surface area (Å²) >= 11 is 2.21. The molecule has 0 bridgehead atoms. The van der Waals surface area contributed by atoms with Crippen molar-refractivity contribution in [1.29, 1.82) is 0 Å². The van der Waals surface area contributed by atoms with E-state index in [0.29, 0.717) is 13.2 Å². The predicted octanol–water partition coefficient (Wildman–Crippen LogP) is 3.96. The fraction of sp³-hybridized carbons (Fsp3) is 0.235. The lowest BCUT2D eigenvalue weighted by molar-refractivity contribution is 0.0785. The quantitative estimate of drug-likeness (QED) is 0.718. The summed E-state index contributed by atoms with van der Waals surface area (Å²) in [5, 5.41) is 0. The van der Waals surface area contributed by atoms with Crippen molar-refractivity contribution < 1.29 is 9.53 Å². The lowest BCUT2D eigenvalue weighted by Crippen LogP contribution is -2.26. The summed E-state index contributed by atoms with van der Waals surface area (Å²) in [4.78, 5) is 14.1. The summed E-state index contributed by atoms with van der Waals surface area (Å²) < 4.78 is 6.48. The van der Waals surface area contributed by atoms with Crippen molar-refractivity contribution in [2.75, 3.05) is 13.7 Å². The Labute approximate surface area is 139 Å². The number of hydrogen-bond acceptors (Lipinski definition) is 2. The summed E-state index contributed by atoms with van der Waals surface area (Å²) in [5.74, 6) is 0.884. The van der Waals surface area contributed by atoms with Gasteiger partial charge in [0.25, 0.3) is 5.91 Å². The zero-order chi connectivity index (χ0) is 15.2. The van der Waals surface area contributed by atoms with Crippen molar-refractivity contribution >= 4 is 28.5 Å². The van der Waals surface area contributed by atoms with Crippen LogP contribution in [0, 0.1) is 3.57 Å². The summed E-state index contributed by atoms with van der Waals surface area (Å²) in [7, 11) is 1.82. The van der Waals surface area contributed by atoms with E-state index in [2.05, 4.69) is 22.6 Å². The molecule has 0 N–H and O–H groups in total. The fourth-order valence-corrected chi connectivity index (χ4v) is 2.59. The monoisotopic (exact) mass is 395 g/mol. The van der Waals surface area contributed by atoms with Gasteiger partial charge in [-0.25, -0.2) is 0 Å². The van der Waals surface area contributed by atoms with Gasteiger partial charge in [0.2, 0.25) is 0 Å². The third-order valence-electron chi connectivity index (χ3n) is 3.07. The Bertz CT molecular complexity index is 610. The van der Waals surface area contributed by atoms with Gasteiger partial charge in [0, 0.05) is 22.7 Å². The van der Waals surface area contributed by atoms with Gasteiger partial charge in [-0.3, -0.25) is 4.79 Å². The number of benzene rings is 2. The number of hydrogen-bond donors (Lipinski definition) is 0. The summed E-state index contributed by atoms with van der Waals surface area (Å²) in [5.41, 5.74) is 1.80. The standard InChI is InChI=1S/C17H18INO2/c1-3-21-16-9-7-13(8-10-16)12-19(2)17(20)14-5-4-6-15(18)11-14/h4-11H,3,12H2,1-2H3. The van der Waals surface area contributed by atoms with Gasteiger partial charge in [-0.1, -0.05) is 18.2 Å². The first-order valence-corrected chi connectivity index (χ1v) is 7.91. The van der Waals surface area contributed by atoms with Crippen molar-refractivity contribution in [1.82, 2.24) is 4.90 Å². The zero-order valence-electron chi connectivity index (χ0n) is 12.2. The summed E-state index contributed by atoms with van der Waals surface area (Å²) in [6.45, 7) is 3.20. The third kappa shape index (κ3) is 4.46. The molecule has 0 heterocycles. The van der Waals surface area contributed by atoms with E-state index < -0.39 is 0 Å². The molecule has 1 amide bonds. The highest BCUT2D eigenvalue weighted by Crippen LogP contribution is 2.15. The molecule has 110 valence electrons. The average Bonchev–Trinajstić information content (AvgIpc) is 2.48. The Balaban J connectivity index is 2.03. The van der Waals surface area contributed by atoms with Crippen molar-refractivity contribution in [2.45, 2.75) is 13.5 Å². The molecule has 0 atom stereocenters. The maximum Gasteiger partial charge on any atom is 0.253 e. The molecule has 2 aromatic rings. The molecular formula is C17H18INO2. The second kappa shape index (κ2) is 7.45. The number of carbonyl (C=O) groups is 1. The molecule has 0 aliphatic heterocycles. The Kier molecular flexibility index (Phi) is 5.61. The molecule has 3 nitrogen and oxygen atoms in total. The number of nitrogens with zero attached hydrogens (tertiary/aromatic N) is 1. The lowest BCUT2D eigenvalue weighted by atomic mass is 10.1. The van der Waals surface area contributed by atoms with Gasteiger partial charge < -0.3 is 9.64 Å². The molecule has 2 rings (SSSR count). The van der Waals surface area contributed by atoms with Gasteiger partial charge in [-0.05, 0) is 65.4 Å². The van der Waals surface area contributed by atoms with Crippen molar-refractivity contribution in [2.24, 2.45) is 0 Å². The number of halogens is 1. The largest absolute Gasteiger partial charge is 0.494 e. The number of rotatable bonds is 5. The van der Waals surface area contributed by atoms with Crippen LogP contribution in [0.2, 0.25) is 0 Å². The lowest BCUT2D eigenvalue weighted by Gasteiger charge is -2.17. The van der Waals surface area contributed by atoms with E-state index in [1.54, 1.807) is 4.90 Å². The van der Waals surface area contributed by atoms with Crippen LogP contribution < -0.4 is 4.74 Å². The minimum atomic E-state index is 0.0300. The number of ether oxygens (including phenoxy) is 1. The Morgan fingerprint density at radius 3 is 2.52 bits per heavy atom. The van der Waals surface area contributed by atoms with Gasteiger partial charge in [0.05, 0.1) is 6.61 Å². The topological polar surface area (TPSA) is 29.5 Å². The highest BCUT2D eigenvalue weighted by atomic mass is 127. The second-order valence-corrected chi connectivity index (χ2v) is 5.99. The van der Waals surface area contributed by atoms with Crippen LogP contribution >= 0.6 is 22.6 Å². The first-order chi connectivity index (χ1) is 10.1. The van der Waals surface area contributed by atoms with Crippen LogP contribution in [0.25, 0.3) is 0 Å². The third-order valence-corrected chi connectivity index (χ3v) is 3.74. The average molecular weight is 395 g/mol.